The lowest BCUT2D eigenvalue weighted by atomic mass is 9.85. The van der Waals surface area contributed by atoms with Crippen LogP contribution in [-0.4, -0.2) is 60.5 Å². The lowest BCUT2D eigenvalue weighted by Gasteiger charge is -2.37. The average Bonchev–Trinajstić information content (AvgIpc) is 2.90. The van der Waals surface area contributed by atoms with Crippen molar-refractivity contribution in [2.45, 2.75) is 51.1 Å². The van der Waals surface area contributed by atoms with Crippen LogP contribution in [0.3, 0.4) is 0 Å². The van der Waals surface area contributed by atoms with Gasteiger partial charge in [0.1, 0.15) is 0 Å². The molecular weight excluding hydrogens is 238 g/mol. The number of fused-ring (bicyclic) bond motifs is 1. The zero-order valence-electron chi connectivity index (χ0n) is 12.1. The largest absolute Gasteiger partial charge is 0.338 e. The van der Waals surface area contributed by atoms with Crippen LogP contribution >= 0.6 is 0 Å². The molecule has 108 valence electrons. The number of hydrogen-bond donors (Lipinski definition) is 1. The predicted octanol–water partition coefficient (Wildman–Crippen LogP) is 1.07. The van der Waals surface area contributed by atoms with Crippen molar-refractivity contribution in [3.05, 3.63) is 0 Å². The maximum absolute atomic E-state index is 12.8. The van der Waals surface area contributed by atoms with Gasteiger partial charge in [-0.05, 0) is 32.1 Å². The molecule has 2 aliphatic heterocycles. The number of nitrogens with zero attached hydrogens (tertiary/aromatic N) is 2. The van der Waals surface area contributed by atoms with Crippen LogP contribution in [0.1, 0.15) is 39.0 Å². The summed E-state index contributed by atoms with van der Waals surface area (Å²) in [4.78, 5) is 17.3. The third-order valence-corrected chi connectivity index (χ3v) is 5.35. The number of amides is 1. The number of hydrogen-bond acceptors (Lipinski definition) is 3. The molecule has 0 bridgehead atoms. The Bertz CT molecular complexity index is 327. The first-order chi connectivity index (χ1) is 9.27. The van der Waals surface area contributed by atoms with E-state index in [4.69, 9.17) is 0 Å². The van der Waals surface area contributed by atoms with E-state index in [2.05, 4.69) is 22.0 Å². The molecule has 1 saturated carbocycles. The number of rotatable bonds is 2. The fourth-order valence-corrected chi connectivity index (χ4v) is 4.15. The summed E-state index contributed by atoms with van der Waals surface area (Å²) in [7, 11) is 0. The van der Waals surface area contributed by atoms with Gasteiger partial charge in [0.05, 0.1) is 6.04 Å². The molecule has 19 heavy (non-hydrogen) atoms. The summed E-state index contributed by atoms with van der Waals surface area (Å²) in [5, 5.41) is 3.36. The van der Waals surface area contributed by atoms with Crippen LogP contribution in [-0.2, 0) is 4.79 Å². The van der Waals surface area contributed by atoms with Crippen molar-refractivity contribution in [1.82, 2.24) is 15.1 Å². The van der Waals surface area contributed by atoms with Crippen LogP contribution < -0.4 is 5.32 Å². The first kappa shape index (κ1) is 13.4. The van der Waals surface area contributed by atoms with Gasteiger partial charge >= 0.3 is 0 Å². The molecule has 0 aromatic carbocycles. The first-order valence-corrected chi connectivity index (χ1v) is 8.02. The molecule has 3 aliphatic rings. The monoisotopic (exact) mass is 265 g/mol. The molecule has 3 atom stereocenters. The molecule has 0 spiro atoms. The third-order valence-electron chi connectivity index (χ3n) is 5.35. The van der Waals surface area contributed by atoms with Crippen molar-refractivity contribution in [3.63, 3.8) is 0 Å². The third kappa shape index (κ3) is 2.65. The van der Waals surface area contributed by atoms with Crippen LogP contribution in [0.15, 0.2) is 0 Å². The van der Waals surface area contributed by atoms with Crippen molar-refractivity contribution >= 4 is 5.91 Å². The van der Waals surface area contributed by atoms with Crippen molar-refractivity contribution in [2.75, 3.05) is 32.7 Å². The summed E-state index contributed by atoms with van der Waals surface area (Å²) < 4.78 is 0. The van der Waals surface area contributed by atoms with E-state index in [1.807, 2.05) is 0 Å². The highest BCUT2D eigenvalue weighted by atomic mass is 16.2. The van der Waals surface area contributed by atoms with E-state index in [0.29, 0.717) is 11.9 Å². The zero-order valence-corrected chi connectivity index (χ0v) is 12.1. The highest BCUT2D eigenvalue weighted by Gasteiger charge is 2.40. The summed E-state index contributed by atoms with van der Waals surface area (Å²) in [5.74, 6) is 1.18. The summed E-state index contributed by atoms with van der Waals surface area (Å²) >= 11 is 0. The predicted molar refractivity (Wildman–Crippen MR) is 76.0 cm³/mol. The minimum atomic E-state index is 0.0720. The Balaban J connectivity index is 1.62. The Morgan fingerprint density at radius 2 is 1.84 bits per heavy atom. The van der Waals surface area contributed by atoms with Gasteiger partial charge in [0.15, 0.2) is 0 Å². The average molecular weight is 265 g/mol. The van der Waals surface area contributed by atoms with Crippen LogP contribution in [0.2, 0.25) is 0 Å². The SMILES string of the molecule is CC(C(=O)N1CCC2CCCCC21)N1CCNCC1. The molecule has 3 rings (SSSR count). The normalized spacial score (nSPS) is 34.1. The molecular formula is C15H27N3O. The molecule has 1 aliphatic carbocycles. The van der Waals surface area contributed by atoms with E-state index in [0.717, 1.165) is 38.6 Å². The van der Waals surface area contributed by atoms with Gasteiger partial charge < -0.3 is 10.2 Å². The lowest BCUT2D eigenvalue weighted by Crippen LogP contribution is -2.54. The smallest absolute Gasteiger partial charge is 0.239 e. The maximum Gasteiger partial charge on any atom is 0.239 e. The minimum absolute atomic E-state index is 0.0720. The zero-order chi connectivity index (χ0) is 13.2. The van der Waals surface area contributed by atoms with Gasteiger partial charge in [0, 0.05) is 38.8 Å². The summed E-state index contributed by atoms with van der Waals surface area (Å²) in [6.07, 6.45) is 6.51. The lowest BCUT2D eigenvalue weighted by molar-refractivity contribution is -0.138. The van der Waals surface area contributed by atoms with E-state index in [-0.39, 0.29) is 6.04 Å². The van der Waals surface area contributed by atoms with Crippen molar-refractivity contribution in [2.24, 2.45) is 5.92 Å². The molecule has 3 unspecified atom stereocenters. The summed E-state index contributed by atoms with van der Waals surface area (Å²) in [6.45, 7) is 7.16. The molecule has 2 heterocycles. The second-order valence-electron chi connectivity index (χ2n) is 6.39. The Morgan fingerprint density at radius 3 is 2.63 bits per heavy atom. The fraction of sp³-hybridized carbons (Fsp3) is 0.933. The van der Waals surface area contributed by atoms with Gasteiger partial charge in [-0.1, -0.05) is 12.8 Å². The van der Waals surface area contributed by atoms with Gasteiger partial charge in [-0.25, -0.2) is 0 Å². The number of carbonyl (C=O) groups is 1. The van der Waals surface area contributed by atoms with Gasteiger partial charge in [-0.2, -0.15) is 0 Å². The van der Waals surface area contributed by atoms with Crippen LogP contribution in [0.25, 0.3) is 0 Å². The van der Waals surface area contributed by atoms with Crippen molar-refractivity contribution in [3.8, 4) is 0 Å². The van der Waals surface area contributed by atoms with Crippen molar-refractivity contribution < 1.29 is 4.79 Å². The molecule has 0 aromatic heterocycles. The van der Waals surface area contributed by atoms with Crippen molar-refractivity contribution in [1.29, 1.82) is 0 Å². The maximum atomic E-state index is 12.8. The van der Waals surface area contributed by atoms with E-state index in [9.17, 15) is 4.79 Å². The van der Waals surface area contributed by atoms with Gasteiger partial charge in [-0.3, -0.25) is 9.69 Å². The highest BCUT2D eigenvalue weighted by molar-refractivity contribution is 5.82. The first-order valence-electron chi connectivity index (χ1n) is 8.02. The van der Waals surface area contributed by atoms with Gasteiger partial charge in [0.25, 0.3) is 0 Å². The minimum Gasteiger partial charge on any atom is -0.338 e. The number of carbonyl (C=O) groups excluding carboxylic acids is 1. The van der Waals surface area contributed by atoms with Gasteiger partial charge in [-0.15, -0.1) is 0 Å². The quantitative estimate of drug-likeness (QED) is 0.811. The van der Waals surface area contributed by atoms with E-state index in [1.165, 1.54) is 32.1 Å². The summed E-state index contributed by atoms with van der Waals surface area (Å²) in [6, 6.07) is 0.634. The standard InChI is InChI=1S/C15H27N3O/c1-12(17-10-7-16-8-11-17)15(19)18-9-6-13-4-2-3-5-14(13)18/h12-14,16H,2-11H2,1H3. The van der Waals surface area contributed by atoms with E-state index < -0.39 is 0 Å². The fourth-order valence-electron chi connectivity index (χ4n) is 4.15. The Kier molecular flexibility index (Phi) is 4.08. The Labute approximate surface area is 116 Å². The number of nitrogens with one attached hydrogen (secondary N) is 1. The molecule has 0 aromatic rings. The van der Waals surface area contributed by atoms with Gasteiger partial charge in [0.2, 0.25) is 5.91 Å². The molecule has 4 heteroatoms. The van der Waals surface area contributed by atoms with E-state index >= 15 is 0 Å². The van der Waals surface area contributed by atoms with E-state index in [1.54, 1.807) is 0 Å². The highest BCUT2D eigenvalue weighted by Crippen LogP contribution is 2.36. The topological polar surface area (TPSA) is 35.6 Å². The number of piperazine rings is 1. The van der Waals surface area contributed by atoms with Crippen LogP contribution in [0.5, 0.6) is 0 Å². The molecule has 1 amide bonds. The molecule has 4 nitrogen and oxygen atoms in total. The van der Waals surface area contributed by atoms with Crippen LogP contribution in [0, 0.1) is 5.92 Å². The second kappa shape index (κ2) is 5.80. The Morgan fingerprint density at radius 1 is 1.11 bits per heavy atom. The molecule has 0 radical (unpaired) electrons. The summed E-state index contributed by atoms with van der Waals surface area (Å²) in [5.41, 5.74) is 0. The van der Waals surface area contributed by atoms with Crippen LogP contribution in [0.4, 0.5) is 0 Å². The Hall–Kier alpha value is -0.610. The number of likely N-dealkylation sites (tertiary alicyclic amines) is 1. The molecule has 3 fully saturated rings. The molecule has 1 N–H and O–H groups in total. The molecule has 2 saturated heterocycles. The second-order valence-corrected chi connectivity index (χ2v) is 6.39.